The molecule has 0 bridgehead atoms. The maximum absolute atomic E-state index is 5.93. The molecule has 3 rings (SSSR count). The highest BCUT2D eigenvalue weighted by molar-refractivity contribution is 5.39. The van der Waals surface area contributed by atoms with Gasteiger partial charge in [0.25, 0.3) is 0 Å². The fourth-order valence-electron chi connectivity index (χ4n) is 3.13. The van der Waals surface area contributed by atoms with Gasteiger partial charge in [-0.05, 0) is 31.2 Å². The van der Waals surface area contributed by atoms with Crippen LogP contribution in [-0.4, -0.2) is 20.8 Å². The zero-order valence-electron chi connectivity index (χ0n) is 12.5. The Morgan fingerprint density at radius 2 is 1.90 bits per heavy atom. The molecule has 0 saturated carbocycles. The fraction of sp³-hybridized carbons (Fsp3) is 0.333. The summed E-state index contributed by atoms with van der Waals surface area (Å²) in [5.74, 6) is 2.33. The lowest BCUT2D eigenvalue weighted by Crippen LogP contribution is -2.33. The van der Waals surface area contributed by atoms with Crippen molar-refractivity contribution < 1.29 is 9.47 Å². The smallest absolute Gasteiger partial charge is 0.123 e. The van der Waals surface area contributed by atoms with Crippen LogP contribution in [0.1, 0.15) is 17.2 Å². The van der Waals surface area contributed by atoms with Gasteiger partial charge in [-0.15, -0.1) is 0 Å². The molecule has 0 amide bonds. The van der Waals surface area contributed by atoms with Gasteiger partial charge in [-0.1, -0.05) is 36.4 Å². The van der Waals surface area contributed by atoms with Crippen LogP contribution in [0.5, 0.6) is 11.5 Å². The van der Waals surface area contributed by atoms with E-state index in [0.717, 1.165) is 24.5 Å². The quantitative estimate of drug-likeness (QED) is 0.934. The van der Waals surface area contributed by atoms with Gasteiger partial charge in [0.05, 0.1) is 13.7 Å². The van der Waals surface area contributed by atoms with Gasteiger partial charge in [0.15, 0.2) is 0 Å². The van der Waals surface area contributed by atoms with Gasteiger partial charge in [0.2, 0.25) is 0 Å². The van der Waals surface area contributed by atoms with E-state index in [1.807, 2.05) is 31.3 Å². The Morgan fingerprint density at radius 3 is 2.71 bits per heavy atom. The summed E-state index contributed by atoms with van der Waals surface area (Å²) in [6.07, 6.45) is 1.01. The molecule has 2 aromatic rings. The van der Waals surface area contributed by atoms with Crippen molar-refractivity contribution in [2.75, 3.05) is 20.8 Å². The second-order valence-electron chi connectivity index (χ2n) is 5.39. The number of para-hydroxylation sites is 2. The summed E-state index contributed by atoms with van der Waals surface area (Å²) in [6.45, 7) is 0.723. The van der Waals surface area contributed by atoms with Crippen molar-refractivity contribution in [3.63, 3.8) is 0 Å². The van der Waals surface area contributed by atoms with Crippen molar-refractivity contribution >= 4 is 0 Å². The lowest BCUT2D eigenvalue weighted by molar-refractivity contribution is 0.186. The van der Waals surface area contributed by atoms with E-state index < -0.39 is 0 Å². The van der Waals surface area contributed by atoms with Crippen LogP contribution in [0, 0.1) is 5.92 Å². The van der Waals surface area contributed by atoms with Crippen molar-refractivity contribution in [3.8, 4) is 11.5 Å². The van der Waals surface area contributed by atoms with E-state index in [2.05, 4.69) is 29.6 Å². The third-order valence-corrected chi connectivity index (χ3v) is 4.16. The summed E-state index contributed by atoms with van der Waals surface area (Å²) < 4.78 is 11.4. The molecule has 0 aliphatic carbocycles. The van der Waals surface area contributed by atoms with Gasteiger partial charge in [0.1, 0.15) is 11.5 Å². The third-order valence-electron chi connectivity index (χ3n) is 4.16. The molecule has 3 heteroatoms. The van der Waals surface area contributed by atoms with E-state index in [1.54, 1.807) is 7.11 Å². The molecule has 0 radical (unpaired) electrons. The van der Waals surface area contributed by atoms with E-state index >= 15 is 0 Å². The maximum atomic E-state index is 5.93. The van der Waals surface area contributed by atoms with E-state index in [4.69, 9.17) is 9.47 Å². The van der Waals surface area contributed by atoms with Gasteiger partial charge in [-0.25, -0.2) is 0 Å². The predicted octanol–water partition coefficient (Wildman–Crippen LogP) is 3.21. The van der Waals surface area contributed by atoms with Crippen LogP contribution < -0.4 is 14.8 Å². The molecule has 1 aliphatic rings. The van der Waals surface area contributed by atoms with Gasteiger partial charge in [-0.3, -0.25) is 0 Å². The molecule has 2 unspecified atom stereocenters. The Labute approximate surface area is 125 Å². The minimum Gasteiger partial charge on any atom is -0.496 e. The van der Waals surface area contributed by atoms with Crippen LogP contribution in [-0.2, 0) is 6.42 Å². The lowest BCUT2D eigenvalue weighted by atomic mass is 9.86. The molecule has 0 spiro atoms. The van der Waals surface area contributed by atoms with Crippen LogP contribution in [0.15, 0.2) is 48.5 Å². The Hall–Kier alpha value is -2.00. The first-order valence-electron chi connectivity index (χ1n) is 7.34. The number of methoxy groups -OCH3 is 1. The minimum atomic E-state index is 0.217. The molecule has 1 N–H and O–H groups in total. The van der Waals surface area contributed by atoms with Crippen molar-refractivity contribution in [3.05, 3.63) is 59.7 Å². The fourth-order valence-corrected chi connectivity index (χ4v) is 3.13. The highest BCUT2D eigenvalue weighted by atomic mass is 16.5. The topological polar surface area (TPSA) is 30.5 Å². The first-order valence-corrected chi connectivity index (χ1v) is 7.34. The SMILES string of the molecule is CNC(c1ccccc1OC)C1COc2ccccc2C1. The minimum absolute atomic E-state index is 0.217. The van der Waals surface area contributed by atoms with Crippen molar-refractivity contribution in [2.24, 2.45) is 5.92 Å². The first kappa shape index (κ1) is 14.0. The van der Waals surface area contributed by atoms with Crippen molar-refractivity contribution in [1.29, 1.82) is 0 Å². The van der Waals surface area contributed by atoms with Crippen molar-refractivity contribution in [2.45, 2.75) is 12.5 Å². The van der Waals surface area contributed by atoms with Crippen LogP contribution in [0.25, 0.3) is 0 Å². The predicted molar refractivity (Wildman–Crippen MR) is 83.9 cm³/mol. The number of benzene rings is 2. The number of rotatable bonds is 4. The number of ether oxygens (including phenoxy) is 2. The molecule has 110 valence electrons. The molecule has 1 aliphatic heterocycles. The Morgan fingerprint density at radius 1 is 1.14 bits per heavy atom. The highest BCUT2D eigenvalue weighted by Gasteiger charge is 2.29. The van der Waals surface area contributed by atoms with Crippen LogP contribution in [0.3, 0.4) is 0 Å². The van der Waals surface area contributed by atoms with Crippen LogP contribution >= 0.6 is 0 Å². The molecular weight excluding hydrogens is 262 g/mol. The normalized spacial score (nSPS) is 18.5. The lowest BCUT2D eigenvalue weighted by Gasteiger charge is -2.32. The average Bonchev–Trinajstić information content (AvgIpc) is 2.56. The summed E-state index contributed by atoms with van der Waals surface area (Å²) in [5, 5.41) is 3.43. The van der Waals surface area contributed by atoms with Gasteiger partial charge in [-0.2, -0.15) is 0 Å². The largest absolute Gasteiger partial charge is 0.496 e. The summed E-state index contributed by atoms with van der Waals surface area (Å²) in [6, 6.07) is 16.7. The molecule has 2 aromatic carbocycles. The number of nitrogens with one attached hydrogen (secondary N) is 1. The molecule has 3 nitrogen and oxygen atoms in total. The number of hydrogen-bond acceptors (Lipinski definition) is 3. The Balaban J connectivity index is 1.88. The summed E-state index contributed by atoms with van der Waals surface area (Å²) in [7, 11) is 3.72. The van der Waals surface area contributed by atoms with Gasteiger partial charge in [0, 0.05) is 17.5 Å². The van der Waals surface area contributed by atoms with E-state index in [1.165, 1.54) is 11.1 Å². The number of hydrogen-bond donors (Lipinski definition) is 1. The molecule has 1 heterocycles. The first-order chi connectivity index (χ1) is 10.3. The second kappa shape index (κ2) is 6.19. The zero-order valence-corrected chi connectivity index (χ0v) is 12.5. The Bertz CT molecular complexity index is 612. The molecular formula is C18H21NO2. The van der Waals surface area contributed by atoms with Crippen LogP contribution in [0.4, 0.5) is 0 Å². The highest BCUT2D eigenvalue weighted by Crippen LogP contribution is 2.36. The zero-order chi connectivity index (χ0) is 14.7. The molecule has 0 fully saturated rings. The third kappa shape index (κ3) is 2.74. The molecule has 2 atom stereocenters. The molecule has 0 aromatic heterocycles. The average molecular weight is 283 g/mol. The monoisotopic (exact) mass is 283 g/mol. The van der Waals surface area contributed by atoms with E-state index in [0.29, 0.717) is 5.92 Å². The molecule has 0 saturated heterocycles. The summed E-state index contributed by atoms with van der Waals surface area (Å²) >= 11 is 0. The van der Waals surface area contributed by atoms with E-state index in [9.17, 15) is 0 Å². The standard InChI is InChI=1S/C18H21NO2/c1-19-18(15-8-4-6-10-17(15)20-2)14-11-13-7-3-5-9-16(13)21-12-14/h3-10,14,18-19H,11-12H2,1-2H3. The summed E-state index contributed by atoms with van der Waals surface area (Å²) in [4.78, 5) is 0. The van der Waals surface area contributed by atoms with Gasteiger partial charge >= 0.3 is 0 Å². The number of fused-ring (bicyclic) bond motifs is 1. The van der Waals surface area contributed by atoms with Crippen molar-refractivity contribution in [1.82, 2.24) is 5.32 Å². The summed E-state index contributed by atoms with van der Waals surface area (Å²) in [5.41, 5.74) is 2.47. The Kier molecular flexibility index (Phi) is 4.11. The second-order valence-corrected chi connectivity index (χ2v) is 5.39. The van der Waals surface area contributed by atoms with Gasteiger partial charge < -0.3 is 14.8 Å². The van der Waals surface area contributed by atoms with E-state index in [-0.39, 0.29) is 6.04 Å². The molecule has 21 heavy (non-hydrogen) atoms. The van der Waals surface area contributed by atoms with Crippen LogP contribution in [0.2, 0.25) is 0 Å². The maximum Gasteiger partial charge on any atom is 0.123 e.